The summed E-state index contributed by atoms with van der Waals surface area (Å²) in [6, 6.07) is 16.4. The standard InChI is InChI=1S/C22H25N3O2/c1-2-26-20-11-10-17-12-14-25(16-19(17)15-20)13-6-9-21-23-22(24-27-21)18-7-4-3-5-8-18/h3-5,7-8,10-11,15H,2,6,9,12-14,16H2,1H3. The van der Waals surface area contributed by atoms with Gasteiger partial charge in [-0.25, -0.2) is 0 Å². The van der Waals surface area contributed by atoms with Gasteiger partial charge in [0.2, 0.25) is 11.7 Å². The molecule has 4 rings (SSSR count). The first-order valence-electron chi connectivity index (χ1n) is 9.67. The molecule has 0 aliphatic carbocycles. The molecule has 0 unspecified atom stereocenters. The molecule has 0 saturated heterocycles. The van der Waals surface area contributed by atoms with Crippen molar-refractivity contribution in [1.82, 2.24) is 15.0 Å². The van der Waals surface area contributed by atoms with Crippen LogP contribution in [0, 0.1) is 0 Å². The van der Waals surface area contributed by atoms with Gasteiger partial charge >= 0.3 is 0 Å². The largest absolute Gasteiger partial charge is 0.494 e. The van der Waals surface area contributed by atoms with Crippen molar-refractivity contribution in [2.24, 2.45) is 0 Å². The Kier molecular flexibility index (Phi) is 5.49. The molecule has 0 spiro atoms. The second-order valence-corrected chi connectivity index (χ2v) is 6.87. The number of aromatic nitrogens is 2. The Morgan fingerprint density at radius 2 is 2.00 bits per heavy atom. The second kappa shape index (κ2) is 8.35. The normalized spacial score (nSPS) is 14.1. The lowest BCUT2D eigenvalue weighted by Crippen LogP contribution is -2.31. The summed E-state index contributed by atoms with van der Waals surface area (Å²) in [5.74, 6) is 2.35. The SMILES string of the molecule is CCOc1ccc2c(c1)CN(CCCc1nc(-c3ccccc3)no1)CC2. The van der Waals surface area contributed by atoms with Crippen LogP contribution in [-0.4, -0.2) is 34.7 Å². The van der Waals surface area contributed by atoms with Gasteiger partial charge in [0.05, 0.1) is 6.61 Å². The Morgan fingerprint density at radius 3 is 2.85 bits per heavy atom. The van der Waals surface area contributed by atoms with Gasteiger partial charge in [-0.1, -0.05) is 41.6 Å². The average Bonchev–Trinajstić information content (AvgIpc) is 3.18. The van der Waals surface area contributed by atoms with Crippen molar-refractivity contribution in [1.29, 1.82) is 0 Å². The van der Waals surface area contributed by atoms with Gasteiger partial charge in [0.1, 0.15) is 5.75 Å². The number of hydrogen-bond donors (Lipinski definition) is 0. The molecule has 5 nitrogen and oxygen atoms in total. The summed E-state index contributed by atoms with van der Waals surface area (Å²) >= 11 is 0. The third-order valence-electron chi connectivity index (χ3n) is 4.95. The van der Waals surface area contributed by atoms with E-state index in [-0.39, 0.29) is 0 Å². The summed E-state index contributed by atoms with van der Waals surface area (Å²) < 4.78 is 11.0. The Morgan fingerprint density at radius 1 is 1.11 bits per heavy atom. The number of aryl methyl sites for hydroxylation is 1. The van der Waals surface area contributed by atoms with E-state index in [1.807, 2.05) is 37.3 Å². The summed E-state index contributed by atoms with van der Waals surface area (Å²) in [4.78, 5) is 7.01. The Labute approximate surface area is 160 Å². The number of rotatable bonds is 7. The first-order chi connectivity index (χ1) is 13.3. The zero-order chi connectivity index (χ0) is 18.5. The summed E-state index contributed by atoms with van der Waals surface area (Å²) in [7, 11) is 0. The molecule has 2 heterocycles. The first-order valence-corrected chi connectivity index (χ1v) is 9.67. The van der Waals surface area contributed by atoms with Crippen LogP contribution in [-0.2, 0) is 19.4 Å². The van der Waals surface area contributed by atoms with Crippen LogP contribution < -0.4 is 4.74 Å². The number of nitrogens with zero attached hydrogens (tertiary/aromatic N) is 3. The number of ether oxygens (including phenoxy) is 1. The zero-order valence-corrected chi connectivity index (χ0v) is 15.7. The lowest BCUT2D eigenvalue weighted by molar-refractivity contribution is 0.246. The van der Waals surface area contributed by atoms with Gasteiger partial charge in [-0.3, -0.25) is 4.90 Å². The molecule has 0 fully saturated rings. The van der Waals surface area contributed by atoms with Crippen molar-refractivity contribution < 1.29 is 9.26 Å². The zero-order valence-electron chi connectivity index (χ0n) is 15.7. The van der Waals surface area contributed by atoms with E-state index in [9.17, 15) is 0 Å². The molecule has 5 heteroatoms. The van der Waals surface area contributed by atoms with Crippen LogP contribution in [0.5, 0.6) is 5.75 Å². The quantitative estimate of drug-likeness (QED) is 0.632. The Hall–Kier alpha value is -2.66. The van der Waals surface area contributed by atoms with Crippen LogP contribution in [0.4, 0.5) is 0 Å². The third-order valence-corrected chi connectivity index (χ3v) is 4.95. The highest BCUT2D eigenvalue weighted by Crippen LogP contribution is 2.24. The van der Waals surface area contributed by atoms with Gasteiger partial charge < -0.3 is 9.26 Å². The van der Waals surface area contributed by atoms with E-state index >= 15 is 0 Å². The molecule has 27 heavy (non-hydrogen) atoms. The molecule has 0 bridgehead atoms. The minimum atomic E-state index is 0.668. The molecule has 3 aromatic rings. The van der Waals surface area contributed by atoms with Crippen molar-refractivity contribution in [2.45, 2.75) is 32.7 Å². The lowest BCUT2D eigenvalue weighted by Gasteiger charge is -2.28. The second-order valence-electron chi connectivity index (χ2n) is 6.87. The van der Waals surface area contributed by atoms with Crippen molar-refractivity contribution >= 4 is 0 Å². The van der Waals surface area contributed by atoms with Crippen LogP contribution in [0.25, 0.3) is 11.4 Å². The van der Waals surface area contributed by atoms with E-state index < -0.39 is 0 Å². The lowest BCUT2D eigenvalue weighted by atomic mass is 9.99. The first kappa shape index (κ1) is 17.7. The molecule has 0 atom stereocenters. The van der Waals surface area contributed by atoms with Crippen LogP contribution in [0.15, 0.2) is 53.1 Å². The fraction of sp³-hybridized carbons (Fsp3) is 0.364. The molecule has 0 amide bonds. The summed E-state index contributed by atoms with van der Waals surface area (Å²) in [5, 5.41) is 4.10. The van der Waals surface area contributed by atoms with Gasteiger partial charge in [-0.2, -0.15) is 4.98 Å². The van der Waals surface area contributed by atoms with Crippen molar-refractivity contribution in [3.8, 4) is 17.1 Å². The Bertz CT molecular complexity index is 876. The molecular formula is C22H25N3O2. The van der Waals surface area contributed by atoms with E-state index in [1.165, 1.54) is 11.1 Å². The molecule has 0 radical (unpaired) electrons. The maximum absolute atomic E-state index is 5.64. The van der Waals surface area contributed by atoms with Gasteiger partial charge in [0.15, 0.2) is 0 Å². The maximum atomic E-state index is 5.64. The smallest absolute Gasteiger partial charge is 0.227 e. The van der Waals surface area contributed by atoms with Crippen LogP contribution in [0.1, 0.15) is 30.4 Å². The predicted octanol–water partition coefficient (Wildman–Crippen LogP) is 4.13. The third kappa shape index (κ3) is 4.37. The van der Waals surface area contributed by atoms with E-state index in [0.717, 1.165) is 50.2 Å². The number of hydrogen-bond acceptors (Lipinski definition) is 5. The molecule has 140 valence electrons. The highest BCUT2D eigenvalue weighted by atomic mass is 16.5. The molecular weight excluding hydrogens is 338 g/mol. The fourth-order valence-corrected chi connectivity index (χ4v) is 3.55. The number of fused-ring (bicyclic) bond motifs is 1. The van der Waals surface area contributed by atoms with E-state index in [4.69, 9.17) is 9.26 Å². The molecule has 1 aromatic heterocycles. The molecule has 2 aromatic carbocycles. The highest BCUT2D eigenvalue weighted by Gasteiger charge is 2.17. The van der Waals surface area contributed by atoms with Gasteiger partial charge in [0.25, 0.3) is 0 Å². The molecule has 0 N–H and O–H groups in total. The van der Waals surface area contributed by atoms with E-state index in [0.29, 0.717) is 18.3 Å². The van der Waals surface area contributed by atoms with Crippen LogP contribution in [0.3, 0.4) is 0 Å². The van der Waals surface area contributed by atoms with Crippen molar-refractivity contribution in [3.63, 3.8) is 0 Å². The molecule has 1 aliphatic heterocycles. The predicted molar refractivity (Wildman–Crippen MR) is 105 cm³/mol. The minimum absolute atomic E-state index is 0.668. The van der Waals surface area contributed by atoms with Gasteiger partial charge in [0, 0.05) is 25.1 Å². The van der Waals surface area contributed by atoms with Crippen molar-refractivity contribution in [3.05, 3.63) is 65.5 Å². The molecule has 0 saturated carbocycles. The van der Waals surface area contributed by atoms with E-state index in [1.54, 1.807) is 0 Å². The van der Waals surface area contributed by atoms with Crippen LogP contribution in [0.2, 0.25) is 0 Å². The van der Waals surface area contributed by atoms with Gasteiger partial charge in [-0.05, 0) is 49.6 Å². The van der Waals surface area contributed by atoms with Gasteiger partial charge in [-0.15, -0.1) is 0 Å². The highest BCUT2D eigenvalue weighted by molar-refractivity contribution is 5.53. The number of benzene rings is 2. The summed E-state index contributed by atoms with van der Waals surface area (Å²) in [6.45, 7) is 5.83. The Balaban J connectivity index is 1.30. The van der Waals surface area contributed by atoms with E-state index in [2.05, 4.69) is 33.2 Å². The fourth-order valence-electron chi connectivity index (χ4n) is 3.55. The van der Waals surface area contributed by atoms with Crippen LogP contribution >= 0.6 is 0 Å². The minimum Gasteiger partial charge on any atom is -0.494 e. The maximum Gasteiger partial charge on any atom is 0.227 e. The summed E-state index contributed by atoms with van der Waals surface area (Å²) in [6.07, 6.45) is 2.92. The summed E-state index contributed by atoms with van der Waals surface area (Å²) in [5.41, 5.74) is 3.82. The average molecular weight is 363 g/mol. The molecule has 1 aliphatic rings. The monoisotopic (exact) mass is 363 g/mol. The van der Waals surface area contributed by atoms with Crippen molar-refractivity contribution in [2.75, 3.05) is 19.7 Å². The topological polar surface area (TPSA) is 51.4 Å².